The lowest BCUT2D eigenvalue weighted by atomic mass is 9.85. The molecule has 1 saturated carbocycles. The van der Waals surface area contributed by atoms with Crippen molar-refractivity contribution in [3.63, 3.8) is 0 Å². The normalized spacial score (nSPS) is 15.6. The summed E-state index contributed by atoms with van der Waals surface area (Å²) < 4.78 is 5.22. The number of aryl methyl sites for hydroxylation is 1. The number of aliphatic hydroxyl groups excluding tert-OH is 1. The van der Waals surface area contributed by atoms with E-state index < -0.39 is 12.0 Å². The zero-order chi connectivity index (χ0) is 27.3. The average Bonchev–Trinajstić information content (AvgIpc) is 2.94. The highest BCUT2D eigenvalue weighted by atomic mass is 32.2. The summed E-state index contributed by atoms with van der Waals surface area (Å²) in [4.78, 5) is 26.0. The molecule has 1 fully saturated rings. The molecule has 2 aromatic carbocycles. The molecule has 1 aliphatic rings. The summed E-state index contributed by atoms with van der Waals surface area (Å²) in [5, 5.41) is 16.5. The quantitative estimate of drug-likeness (QED) is 0.274. The Kier molecular flexibility index (Phi) is 12.6. The maximum absolute atomic E-state index is 13.5. The molecule has 208 valence electrons. The summed E-state index contributed by atoms with van der Waals surface area (Å²) in [6, 6.07) is 13.3. The van der Waals surface area contributed by atoms with Crippen molar-refractivity contribution in [2.24, 2.45) is 5.92 Å². The first kappa shape index (κ1) is 30.2. The highest BCUT2D eigenvalue weighted by Gasteiger charge is 2.24. The van der Waals surface area contributed by atoms with Gasteiger partial charge in [0.05, 0.1) is 13.2 Å². The van der Waals surface area contributed by atoms with Crippen LogP contribution in [0.1, 0.15) is 73.4 Å². The minimum absolute atomic E-state index is 0.0600. The Labute approximate surface area is 232 Å². The first-order valence-electron chi connectivity index (χ1n) is 14.0. The second-order valence-corrected chi connectivity index (χ2v) is 11.2. The first-order chi connectivity index (χ1) is 18.5. The van der Waals surface area contributed by atoms with Crippen molar-refractivity contribution in [2.75, 3.05) is 25.2 Å². The van der Waals surface area contributed by atoms with Crippen molar-refractivity contribution in [2.45, 2.75) is 77.4 Å². The molecule has 1 aliphatic carbocycles. The molecule has 0 aromatic heterocycles. The SMILES string of the molecule is CCOC(=O)[C@H](CCSC)NC(=O)c1ccc(CN[C@H](CO)CC2CCCCC2)cc1-c1ccccc1C. The number of esters is 1. The average molecular weight is 541 g/mol. The second kappa shape index (κ2) is 15.9. The molecule has 0 spiro atoms. The van der Waals surface area contributed by atoms with E-state index in [0.717, 1.165) is 34.4 Å². The van der Waals surface area contributed by atoms with Gasteiger partial charge in [-0.05, 0) is 79.0 Å². The van der Waals surface area contributed by atoms with Crippen LogP contribution in [0.5, 0.6) is 0 Å². The largest absolute Gasteiger partial charge is 0.464 e. The molecule has 0 bridgehead atoms. The van der Waals surface area contributed by atoms with Crippen molar-refractivity contribution >= 4 is 23.6 Å². The van der Waals surface area contributed by atoms with E-state index in [-0.39, 0.29) is 25.2 Å². The van der Waals surface area contributed by atoms with E-state index in [1.54, 1.807) is 18.7 Å². The molecule has 2 atom stereocenters. The van der Waals surface area contributed by atoms with E-state index in [2.05, 4.69) is 16.7 Å². The number of benzene rings is 2. The Morgan fingerprint density at radius 3 is 2.55 bits per heavy atom. The number of amides is 1. The molecule has 0 aliphatic heterocycles. The van der Waals surface area contributed by atoms with Crippen molar-refractivity contribution in [1.29, 1.82) is 0 Å². The summed E-state index contributed by atoms with van der Waals surface area (Å²) in [5.74, 6) is 0.736. The van der Waals surface area contributed by atoms with Crippen molar-refractivity contribution in [1.82, 2.24) is 10.6 Å². The number of carbonyl (C=O) groups is 2. The minimum atomic E-state index is -0.689. The Hall–Kier alpha value is -2.35. The number of ether oxygens (including phenoxy) is 1. The number of thioether (sulfide) groups is 1. The zero-order valence-electron chi connectivity index (χ0n) is 23.1. The van der Waals surface area contributed by atoms with Crippen molar-refractivity contribution < 1.29 is 19.4 Å². The van der Waals surface area contributed by atoms with E-state index in [1.807, 2.05) is 49.6 Å². The van der Waals surface area contributed by atoms with Crippen LogP contribution >= 0.6 is 11.8 Å². The van der Waals surface area contributed by atoms with E-state index in [0.29, 0.717) is 24.4 Å². The molecule has 7 heteroatoms. The maximum atomic E-state index is 13.5. The van der Waals surface area contributed by atoms with E-state index in [4.69, 9.17) is 4.74 Å². The Morgan fingerprint density at radius 2 is 1.87 bits per heavy atom. The summed E-state index contributed by atoms with van der Waals surface area (Å²) in [6.45, 7) is 4.81. The van der Waals surface area contributed by atoms with Gasteiger partial charge in [0.2, 0.25) is 0 Å². The summed E-state index contributed by atoms with van der Waals surface area (Å²) in [6.07, 6.45) is 9.90. The minimum Gasteiger partial charge on any atom is -0.464 e. The van der Waals surface area contributed by atoms with Crippen LogP contribution in [0.3, 0.4) is 0 Å². The van der Waals surface area contributed by atoms with Gasteiger partial charge < -0.3 is 20.5 Å². The molecule has 0 radical (unpaired) electrons. The monoisotopic (exact) mass is 540 g/mol. The van der Waals surface area contributed by atoms with Gasteiger partial charge in [-0.3, -0.25) is 4.79 Å². The third-order valence-corrected chi connectivity index (χ3v) is 8.05. The number of nitrogens with one attached hydrogen (secondary N) is 2. The molecule has 2 aromatic rings. The van der Waals surface area contributed by atoms with Crippen LogP contribution in [-0.4, -0.2) is 54.3 Å². The van der Waals surface area contributed by atoms with Gasteiger partial charge in [0.1, 0.15) is 6.04 Å². The lowest BCUT2D eigenvalue weighted by Gasteiger charge is -2.26. The van der Waals surface area contributed by atoms with Gasteiger partial charge >= 0.3 is 5.97 Å². The number of aliphatic hydroxyl groups is 1. The highest BCUT2D eigenvalue weighted by Crippen LogP contribution is 2.29. The van der Waals surface area contributed by atoms with Gasteiger partial charge in [0.25, 0.3) is 5.91 Å². The fourth-order valence-electron chi connectivity index (χ4n) is 5.27. The van der Waals surface area contributed by atoms with Crippen LogP contribution in [0, 0.1) is 12.8 Å². The number of hydrogen-bond donors (Lipinski definition) is 3. The molecule has 1 amide bonds. The van der Waals surface area contributed by atoms with E-state index >= 15 is 0 Å². The summed E-state index contributed by atoms with van der Waals surface area (Å²) in [7, 11) is 0. The molecular weight excluding hydrogens is 496 g/mol. The van der Waals surface area contributed by atoms with Gasteiger partial charge in [-0.1, -0.05) is 62.4 Å². The fourth-order valence-corrected chi connectivity index (χ4v) is 5.74. The fraction of sp³-hybridized carbons (Fsp3) is 0.548. The van der Waals surface area contributed by atoms with E-state index in [9.17, 15) is 14.7 Å². The topological polar surface area (TPSA) is 87.7 Å². The van der Waals surface area contributed by atoms with Gasteiger partial charge in [-0.25, -0.2) is 4.79 Å². The number of carbonyl (C=O) groups excluding carboxylic acids is 2. The van der Waals surface area contributed by atoms with Gasteiger partial charge in [-0.2, -0.15) is 11.8 Å². The first-order valence-corrected chi connectivity index (χ1v) is 15.4. The van der Waals surface area contributed by atoms with Crippen LogP contribution < -0.4 is 10.6 Å². The predicted molar refractivity (Wildman–Crippen MR) is 156 cm³/mol. The van der Waals surface area contributed by atoms with Crippen LogP contribution in [0.15, 0.2) is 42.5 Å². The molecule has 0 heterocycles. The number of rotatable bonds is 14. The van der Waals surface area contributed by atoms with Gasteiger partial charge in [-0.15, -0.1) is 0 Å². The van der Waals surface area contributed by atoms with Crippen LogP contribution in [0.25, 0.3) is 11.1 Å². The third kappa shape index (κ3) is 8.85. The molecule has 6 nitrogen and oxygen atoms in total. The second-order valence-electron chi connectivity index (χ2n) is 10.3. The smallest absolute Gasteiger partial charge is 0.328 e. The highest BCUT2D eigenvalue weighted by molar-refractivity contribution is 7.98. The molecule has 3 rings (SSSR count). The zero-order valence-corrected chi connectivity index (χ0v) is 23.9. The van der Waals surface area contributed by atoms with Gasteiger partial charge in [0, 0.05) is 18.2 Å². The Morgan fingerprint density at radius 1 is 1.11 bits per heavy atom. The molecule has 3 N–H and O–H groups in total. The molecule has 0 saturated heterocycles. The lowest BCUT2D eigenvalue weighted by molar-refractivity contribution is -0.145. The van der Waals surface area contributed by atoms with Crippen LogP contribution in [-0.2, 0) is 16.1 Å². The van der Waals surface area contributed by atoms with E-state index in [1.165, 1.54) is 32.1 Å². The van der Waals surface area contributed by atoms with Crippen molar-refractivity contribution in [3.05, 3.63) is 59.2 Å². The van der Waals surface area contributed by atoms with Crippen molar-refractivity contribution in [3.8, 4) is 11.1 Å². The van der Waals surface area contributed by atoms with Crippen LogP contribution in [0.4, 0.5) is 0 Å². The Bertz CT molecular complexity index is 1040. The number of hydrogen-bond acceptors (Lipinski definition) is 6. The summed E-state index contributed by atoms with van der Waals surface area (Å²) >= 11 is 1.63. The molecular formula is C31H44N2O4S. The standard InChI is InChI=1S/C31H44N2O4S/c1-4-37-31(36)29(16-17-38-3)33-30(35)27-15-14-24(19-28(27)26-13-9-8-10-22(26)2)20-32-25(21-34)18-23-11-6-5-7-12-23/h8-10,13-15,19,23,25,29,32,34H,4-7,11-12,16-18,20-21H2,1-3H3,(H,33,35)/t25-,29-/m0/s1. The van der Waals surface area contributed by atoms with Gasteiger partial charge in [0.15, 0.2) is 0 Å². The summed E-state index contributed by atoms with van der Waals surface area (Å²) in [5.41, 5.74) is 4.47. The molecule has 38 heavy (non-hydrogen) atoms. The predicted octanol–water partition coefficient (Wildman–Crippen LogP) is 5.50. The molecule has 0 unspecified atom stereocenters. The Balaban J connectivity index is 1.82. The van der Waals surface area contributed by atoms with Crippen LogP contribution in [0.2, 0.25) is 0 Å². The maximum Gasteiger partial charge on any atom is 0.328 e. The lowest BCUT2D eigenvalue weighted by Crippen LogP contribution is -2.42. The third-order valence-electron chi connectivity index (χ3n) is 7.41.